The van der Waals surface area contributed by atoms with Crippen molar-refractivity contribution >= 4 is 31.6 Å². The van der Waals surface area contributed by atoms with Crippen molar-refractivity contribution in [3.63, 3.8) is 0 Å². The maximum Gasteiger partial charge on any atom is 0.264 e. The van der Waals surface area contributed by atoms with Crippen molar-refractivity contribution in [2.24, 2.45) is 0 Å². The lowest BCUT2D eigenvalue weighted by atomic mass is 10.2. The molecule has 0 aromatic heterocycles. The first-order chi connectivity index (χ1) is 9.46. The van der Waals surface area contributed by atoms with Crippen LogP contribution in [0.15, 0.2) is 53.4 Å². The molecule has 0 N–H and O–H groups in total. The van der Waals surface area contributed by atoms with E-state index in [1.54, 1.807) is 18.2 Å². The second-order valence-corrected chi connectivity index (χ2v) is 6.73. The molecule has 0 unspecified atom stereocenters. The number of halogens is 2. The summed E-state index contributed by atoms with van der Waals surface area (Å²) in [6.07, 6.45) is 0. The highest BCUT2D eigenvalue weighted by atomic mass is 79.9. The van der Waals surface area contributed by atoms with Gasteiger partial charge in [0.05, 0.1) is 10.6 Å². The molecule has 0 heterocycles. The Kier molecular flexibility index (Phi) is 4.45. The lowest BCUT2D eigenvalue weighted by Crippen LogP contribution is -2.27. The van der Waals surface area contributed by atoms with Crippen LogP contribution in [0, 0.1) is 5.82 Å². The van der Waals surface area contributed by atoms with Crippen molar-refractivity contribution in [1.82, 2.24) is 0 Å². The molecule has 0 atom stereocenters. The minimum absolute atomic E-state index is 0.0251. The highest BCUT2D eigenvalue weighted by Gasteiger charge is 2.23. The van der Waals surface area contributed by atoms with E-state index in [0.717, 1.165) is 9.87 Å². The van der Waals surface area contributed by atoms with Gasteiger partial charge in [-0.25, -0.2) is 12.8 Å². The molecule has 6 heteroatoms. The molecule has 20 heavy (non-hydrogen) atoms. The van der Waals surface area contributed by atoms with Crippen molar-refractivity contribution in [3.8, 4) is 0 Å². The Bertz CT molecular complexity index is 701. The molecular weight excluding hydrogens is 345 g/mol. The normalized spacial score (nSPS) is 11.3. The van der Waals surface area contributed by atoms with Gasteiger partial charge in [-0.15, -0.1) is 0 Å². The molecule has 0 fully saturated rings. The molecular formula is C14H13BrFNO2S. The Morgan fingerprint density at radius 2 is 1.70 bits per heavy atom. The molecule has 0 aliphatic heterocycles. The Hall–Kier alpha value is -1.40. The third-order valence-corrected chi connectivity index (χ3v) is 5.36. The molecule has 0 bridgehead atoms. The minimum Gasteiger partial charge on any atom is -0.266 e. The zero-order chi connectivity index (χ0) is 14.8. The molecule has 0 saturated heterocycles. The number of alkyl halides is 1. The van der Waals surface area contributed by atoms with E-state index < -0.39 is 15.8 Å². The molecule has 2 aromatic rings. The van der Waals surface area contributed by atoms with Crippen molar-refractivity contribution in [3.05, 3.63) is 59.9 Å². The Morgan fingerprint density at radius 1 is 1.10 bits per heavy atom. The first-order valence-corrected chi connectivity index (χ1v) is 8.41. The van der Waals surface area contributed by atoms with E-state index in [1.807, 2.05) is 0 Å². The first-order valence-electron chi connectivity index (χ1n) is 5.85. The van der Waals surface area contributed by atoms with Gasteiger partial charge in [-0.2, -0.15) is 0 Å². The van der Waals surface area contributed by atoms with Crippen LogP contribution in [-0.2, 0) is 15.4 Å². The van der Waals surface area contributed by atoms with E-state index in [-0.39, 0.29) is 10.6 Å². The quantitative estimate of drug-likeness (QED) is 0.784. The average Bonchev–Trinajstić information content (AvgIpc) is 2.47. The van der Waals surface area contributed by atoms with Crippen LogP contribution in [-0.4, -0.2) is 15.5 Å². The lowest BCUT2D eigenvalue weighted by molar-refractivity contribution is 0.589. The van der Waals surface area contributed by atoms with Gasteiger partial charge in [-0.05, 0) is 29.8 Å². The maximum absolute atomic E-state index is 13.7. The van der Waals surface area contributed by atoms with Crippen LogP contribution in [0.4, 0.5) is 10.1 Å². The zero-order valence-corrected chi connectivity index (χ0v) is 13.2. The highest BCUT2D eigenvalue weighted by Crippen LogP contribution is 2.24. The lowest BCUT2D eigenvalue weighted by Gasteiger charge is -2.20. The third kappa shape index (κ3) is 2.86. The van der Waals surface area contributed by atoms with Crippen LogP contribution in [0.5, 0.6) is 0 Å². The summed E-state index contributed by atoms with van der Waals surface area (Å²) in [6, 6.07) is 12.2. The summed E-state index contributed by atoms with van der Waals surface area (Å²) < 4.78 is 39.5. The summed E-state index contributed by atoms with van der Waals surface area (Å²) in [6.45, 7) is 0. The largest absolute Gasteiger partial charge is 0.266 e. The molecule has 106 valence electrons. The molecule has 0 aliphatic carbocycles. The van der Waals surface area contributed by atoms with Gasteiger partial charge in [0.1, 0.15) is 5.82 Å². The number of hydrogen-bond acceptors (Lipinski definition) is 2. The van der Waals surface area contributed by atoms with Crippen molar-refractivity contribution < 1.29 is 12.8 Å². The predicted molar refractivity (Wildman–Crippen MR) is 81.1 cm³/mol. The van der Waals surface area contributed by atoms with Gasteiger partial charge in [0.25, 0.3) is 10.0 Å². The van der Waals surface area contributed by atoms with Crippen LogP contribution in [0.3, 0.4) is 0 Å². The molecule has 0 saturated carbocycles. The van der Waals surface area contributed by atoms with Crippen LogP contribution in [0.1, 0.15) is 5.56 Å². The molecule has 0 radical (unpaired) electrons. The van der Waals surface area contributed by atoms with Crippen LogP contribution < -0.4 is 4.31 Å². The van der Waals surface area contributed by atoms with Gasteiger partial charge in [-0.1, -0.05) is 40.2 Å². The Balaban J connectivity index is 2.41. The van der Waals surface area contributed by atoms with Gasteiger partial charge in [-0.3, -0.25) is 4.31 Å². The molecule has 0 amide bonds. The topological polar surface area (TPSA) is 37.4 Å². The van der Waals surface area contributed by atoms with Crippen LogP contribution in [0.2, 0.25) is 0 Å². The van der Waals surface area contributed by atoms with Gasteiger partial charge in [0.15, 0.2) is 0 Å². The van der Waals surface area contributed by atoms with Crippen LogP contribution in [0.25, 0.3) is 0 Å². The smallest absolute Gasteiger partial charge is 0.264 e. The summed E-state index contributed by atoms with van der Waals surface area (Å²) in [7, 11) is -2.42. The SMILES string of the molecule is CN(c1ccccc1F)S(=O)(=O)c1ccc(CBr)cc1. The average molecular weight is 358 g/mol. The van der Waals surface area contributed by atoms with Gasteiger partial charge < -0.3 is 0 Å². The summed E-state index contributed by atoms with van der Waals surface area (Å²) in [5, 5.41) is 0.649. The molecule has 0 spiro atoms. The van der Waals surface area contributed by atoms with E-state index in [0.29, 0.717) is 5.33 Å². The van der Waals surface area contributed by atoms with Crippen molar-refractivity contribution in [2.45, 2.75) is 10.2 Å². The number of benzene rings is 2. The summed E-state index contributed by atoms with van der Waals surface area (Å²) >= 11 is 3.30. The number of hydrogen-bond donors (Lipinski definition) is 0. The van der Waals surface area contributed by atoms with E-state index in [4.69, 9.17) is 0 Å². The fraction of sp³-hybridized carbons (Fsp3) is 0.143. The number of nitrogens with zero attached hydrogens (tertiary/aromatic N) is 1. The number of rotatable bonds is 4. The van der Waals surface area contributed by atoms with Gasteiger partial charge in [0, 0.05) is 12.4 Å². The van der Waals surface area contributed by atoms with Crippen molar-refractivity contribution in [1.29, 1.82) is 0 Å². The van der Waals surface area contributed by atoms with E-state index in [9.17, 15) is 12.8 Å². The molecule has 2 aromatic carbocycles. The summed E-state index contributed by atoms with van der Waals surface area (Å²) in [5.41, 5.74) is 0.995. The predicted octanol–water partition coefficient (Wildman–Crippen LogP) is 3.55. The summed E-state index contributed by atoms with van der Waals surface area (Å²) in [5.74, 6) is -0.573. The standard InChI is InChI=1S/C14H13BrFNO2S/c1-17(14-5-3-2-4-13(14)16)20(18,19)12-8-6-11(10-15)7-9-12/h2-9H,10H2,1H3. The molecule has 2 rings (SSSR count). The second kappa shape index (κ2) is 5.93. The minimum atomic E-state index is -3.76. The first kappa shape index (κ1) is 15.0. The second-order valence-electron chi connectivity index (χ2n) is 4.20. The number of sulfonamides is 1. The fourth-order valence-corrected chi connectivity index (χ4v) is 3.32. The van der Waals surface area contributed by atoms with Crippen LogP contribution >= 0.6 is 15.9 Å². The number of anilines is 1. The van der Waals surface area contributed by atoms with Gasteiger partial charge in [0.2, 0.25) is 0 Å². The van der Waals surface area contributed by atoms with Crippen molar-refractivity contribution in [2.75, 3.05) is 11.4 Å². The Morgan fingerprint density at radius 3 is 2.25 bits per heavy atom. The Labute approximate surface area is 126 Å². The van der Waals surface area contributed by atoms with E-state index in [2.05, 4.69) is 15.9 Å². The molecule has 3 nitrogen and oxygen atoms in total. The number of para-hydroxylation sites is 1. The molecule has 0 aliphatic rings. The van der Waals surface area contributed by atoms with E-state index >= 15 is 0 Å². The van der Waals surface area contributed by atoms with E-state index in [1.165, 1.54) is 37.4 Å². The zero-order valence-electron chi connectivity index (χ0n) is 10.8. The third-order valence-electron chi connectivity index (χ3n) is 2.93. The maximum atomic E-state index is 13.7. The van der Waals surface area contributed by atoms with Gasteiger partial charge >= 0.3 is 0 Å². The highest BCUT2D eigenvalue weighted by molar-refractivity contribution is 9.08. The monoisotopic (exact) mass is 357 g/mol. The summed E-state index contributed by atoms with van der Waals surface area (Å²) in [4.78, 5) is 0.132. The fourth-order valence-electron chi connectivity index (χ4n) is 1.75.